The van der Waals surface area contributed by atoms with Gasteiger partial charge in [0.05, 0.1) is 18.2 Å². The van der Waals surface area contributed by atoms with Crippen LogP contribution in [-0.4, -0.2) is 30.3 Å². The summed E-state index contributed by atoms with van der Waals surface area (Å²) in [6.07, 6.45) is -1.56. The molecule has 6 nitrogen and oxygen atoms in total. The van der Waals surface area contributed by atoms with E-state index in [1.807, 2.05) is 0 Å². The first-order chi connectivity index (χ1) is 10.6. The normalized spacial score (nSPS) is 16.2. The molecule has 0 amide bonds. The Morgan fingerprint density at radius 3 is 2.50 bits per heavy atom. The van der Waals surface area contributed by atoms with Gasteiger partial charge in [-0.2, -0.15) is 0 Å². The third kappa shape index (κ3) is 2.35. The zero-order valence-corrected chi connectivity index (χ0v) is 11.6. The highest BCUT2D eigenvalue weighted by molar-refractivity contribution is 6.12. The Kier molecular flexibility index (Phi) is 3.42. The second-order valence-corrected chi connectivity index (χ2v) is 4.59. The van der Waals surface area contributed by atoms with Crippen LogP contribution in [0, 0.1) is 0 Å². The first-order valence-electron chi connectivity index (χ1n) is 6.48. The van der Waals surface area contributed by atoms with Crippen LogP contribution < -0.4 is 14.2 Å². The maximum Gasteiger partial charge on any atom is 0.387 e. The van der Waals surface area contributed by atoms with Gasteiger partial charge >= 0.3 is 12.3 Å². The topological polar surface area (TPSA) is 82.1 Å². The number of hydrogen-bond acceptors (Lipinski definition) is 5. The number of carboxylic acids is 1. The molecule has 0 saturated carbocycles. The first kappa shape index (κ1) is 13.9. The number of carboxylic acid groups (broad SMARTS) is 1. The van der Waals surface area contributed by atoms with Crippen molar-refractivity contribution >= 4 is 11.8 Å². The van der Waals surface area contributed by atoms with Gasteiger partial charge in [0, 0.05) is 6.07 Å². The summed E-state index contributed by atoms with van der Waals surface area (Å²) >= 11 is 0. The number of carbonyl (C=O) groups excluding carboxylic acids is 1. The third-order valence-electron chi connectivity index (χ3n) is 3.23. The van der Waals surface area contributed by atoms with Crippen molar-refractivity contribution in [2.24, 2.45) is 0 Å². The van der Waals surface area contributed by atoms with Gasteiger partial charge < -0.3 is 19.3 Å². The lowest BCUT2D eigenvalue weighted by molar-refractivity contribution is -0.158. The van der Waals surface area contributed by atoms with Crippen molar-refractivity contribution < 1.29 is 28.9 Å². The lowest BCUT2D eigenvalue weighted by Gasteiger charge is -2.23. The number of hydrogen-bond donors (Lipinski definition) is 1. The number of para-hydroxylation sites is 1. The van der Waals surface area contributed by atoms with Crippen molar-refractivity contribution in [3.8, 4) is 17.2 Å². The highest BCUT2D eigenvalue weighted by atomic mass is 16.7. The van der Waals surface area contributed by atoms with E-state index in [0.29, 0.717) is 5.75 Å². The lowest BCUT2D eigenvalue weighted by Crippen LogP contribution is -2.35. The van der Waals surface area contributed by atoms with Gasteiger partial charge in [-0.05, 0) is 24.3 Å². The lowest BCUT2D eigenvalue weighted by atomic mass is 10.0. The molecule has 0 aliphatic carbocycles. The fourth-order valence-electron chi connectivity index (χ4n) is 2.17. The zero-order chi connectivity index (χ0) is 15.7. The molecule has 0 aromatic heterocycles. The quantitative estimate of drug-likeness (QED) is 0.914. The largest absolute Gasteiger partial charge is 0.497 e. The van der Waals surface area contributed by atoms with E-state index in [1.54, 1.807) is 24.3 Å². The Morgan fingerprint density at radius 2 is 1.77 bits per heavy atom. The minimum absolute atomic E-state index is 0.103. The second-order valence-electron chi connectivity index (χ2n) is 4.59. The van der Waals surface area contributed by atoms with Gasteiger partial charge in [0.15, 0.2) is 5.78 Å². The Morgan fingerprint density at radius 1 is 1.09 bits per heavy atom. The van der Waals surface area contributed by atoms with Gasteiger partial charge in [0.25, 0.3) is 0 Å². The number of carbonyl (C=O) groups is 2. The van der Waals surface area contributed by atoms with Crippen LogP contribution >= 0.6 is 0 Å². The molecular weight excluding hydrogens is 288 g/mol. The van der Waals surface area contributed by atoms with Crippen LogP contribution in [0.25, 0.3) is 0 Å². The smallest absolute Gasteiger partial charge is 0.387 e. The summed E-state index contributed by atoms with van der Waals surface area (Å²) in [5, 5.41) is 9.23. The predicted octanol–water partition coefficient (Wildman–Crippen LogP) is 2.11. The summed E-state index contributed by atoms with van der Waals surface area (Å²) in [5.74, 6) is -0.882. The van der Waals surface area contributed by atoms with E-state index < -0.39 is 12.3 Å². The van der Waals surface area contributed by atoms with Crippen LogP contribution in [0.2, 0.25) is 0 Å². The summed E-state index contributed by atoms with van der Waals surface area (Å²) in [6, 6.07) is 11.1. The average Bonchev–Trinajstić information content (AvgIpc) is 2.52. The van der Waals surface area contributed by atoms with Crippen molar-refractivity contribution in [2.45, 2.75) is 6.29 Å². The van der Waals surface area contributed by atoms with Crippen LogP contribution in [0.5, 0.6) is 17.2 Å². The molecule has 3 rings (SSSR count). The molecule has 6 heteroatoms. The number of rotatable bonds is 2. The average molecular weight is 300 g/mol. The number of ether oxygens (including phenoxy) is 3. The Bertz CT molecular complexity index is 752. The minimum atomic E-state index is -1.56. The molecule has 1 aliphatic heterocycles. The maximum atomic E-state index is 12.6. The van der Waals surface area contributed by atoms with E-state index in [9.17, 15) is 14.7 Å². The second kappa shape index (κ2) is 5.40. The number of methoxy groups -OCH3 is 1. The van der Waals surface area contributed by atoms with Gasteiger partial charge in [0.2, 0.25) is 0 Å². The SMILES string of the molecule is COc1ccc2c(c1)OC(C(=O)O)Oc1ccccc1C2=O. The van der Waals surface area contributed by atoms with Crippen molar-refractivity contribution in [3.63, 3.8) is 0 Å². The number of benzene rings is 2. The molecule has 0 bridgehead atoms. The van der Waals surface area contributed by atoms with Gasteiger partial charge in [-0.25, -0.2) is 4.79 Å². The fraction of sp³-hybridized carbons (Fsp3) is 0.125. The summed E-state index contributed by atoms with van der Waals surface area (Å²) in [7, 11) is 1.47. The van der Waals surface area contributed by atoms with E-state index in [-0.39, 0.29) is 28.4 Å². The summed E-state index contributed by atoms with van der Waals surface area (Å²) in [4.78, 5) is 23.9. The van der Waals surface area contributed by atoms with E-state index in [2.05, 4.69) is 0 Å². The van der Waals surface area contributed by atoms with Crippen LogP contribution in [0.4, 0.5) is 0 Å². The Labute approximate surface area is 125 Å². The Hall–Kier alpha value is -3.02. The molecule has 1 aliphatic rings. The van der Waals surface area contributed by atoms with Crippen LogP contribution in [0.1, 0.15) is 15.9 Å². The fourth-order valence-corrected chi connectivity index (χ4v) is 2.17. The molecule has 1 heterocycles. The standard InChI is InChI=1S/C16H12O6/c1-20-9-6-7-11-13(8-9)22-16(15(18)19)21-12-5-3-2-4-10(12)14(11)17/h2-8,16H,1H3,(H,18,19). The van der Waals surface area contributed by atoms with Crippen LogP contribution in [0.3, 0.4) is 0 Å². The molecule has 2 aromatic rings. The summed E-state index contributed by atoms with van der Waals surface area (Å²) < 4.78 is 15.7. The maximum absolute atomic E-state index is 12.6. The summed E-state index contributed by atoms with van der Waals surface area (Å²) in [5.41, 5.74) is 0.534. The number of ketones is 1. The molecule has 112 valence electrons. The minimum Gasteiger partial charge on any atom is -0.497 e. The van der Waals surface area contributed by atoms with Gasteiger partial charge in [-0.15, -0.1) is 0 Å². The summed E-state index contributed by atoms with van der Waals surface area (Å²) in [6.45, 7) is 0. The molecule has 0 spiro atoms. The van der Waals surface area contributed by atoms with E-state index in [1.165, 1.54) is 25.3 Å². The van der Waals surface area contributed by atoms with E-state index in [0.717, 1.165) is 0 Å². The number of fused-ring (bicyclic) bond motifs is 2. The van der Waals surface area contributed by atoms with Crippen molar-refractivity contribution in [1.29, 1.82) is 0 Å². The molecule has 1 atom stereocenters. The van der Waals surface area contributed by atoms with Crippen molar-refractivity contribution in [3.05, 3.63) is 53.6 Å². The Balaban J connectivity index is 2.18. The molecule has 0 saturated heterocycles. The molecule has 2 aromatic carbocycles. The highest BCUT2D eigenvalue weighted by Gasteiger charge is 2.30. The van der Waals surface area contributed by atoms with Gasteiger partial charge in [0.1, 0.15) is 17.2 Å². The molecule has 0 fully saturated rings. The molecule has 1 N–H and O–H groups in total. The van der Waals surface area contributed by atoms with Crippen LogP contribution in [0.15, 0.2) is 42.5 Å². The van der Waals surface area contributed by atoms with Crippen molar-refractivity contribution in [1.82, 2.24) is 0 Å². The van der Waals surface area contributed by atoms with Crippen molar-refractivity contribution in [2.75, 3.05) is 7.11 Å². The highest BCUT2D eigenvalue weighted by Crippen LogP contribution is 2.33. The van der Waals surface area contributed by atoms with Gasteiger partial charge in [-0.3, -0.25) is 4.79 Å². The number of aliphatic carboxylic acids is 1. The molecule has 1 unspecified atom stereocenters. The molecular formula is C16H12O6. The zero-order valence-electron chi connectivity index (χ0n) is 11.6. The molecule has 0 radical (unpaired) electrons. The van der Waals surface area contributed by atoms with Crippen LogP contribution in [-0.2, 0) is 4.79 Å². The monoisotopic (exact) mass is 300 g/mol. The van der Waals surface area contributed by atoms with E-state index >= 15 is 0 Å². The van der Waals surface area contributed by atoms with Gasteiger partial charge in [-0.1, -0.05) is 12.1 Å². The van der Waals surface area contributed by atoms with E-state index in [4.69, 9.17) is 14.2 Å². The molecule has 22 heavy (non-hydrogen) atoms. The third-order valence-corrected chi connectivity index (χ3v) is 3.23. The predicted molar refractivity (Wildman–Crippen MR) is 75.5 cm³/mol. The first-order valence-corrected chi connectivity index (χ1v) is 6.48.